The number of hydrogen-bond donors (Lipinski definition) is 1. The van der Waals surface area contributed by atoms with E-state index in [1.165, 1.54) is 11.3 Å². The molecule has 0 aliphatic rings. The maximum Gasteiger partial charge on any atom is 0.258 e. The van der Waals surface area contributed by atoms with Gasteiger partial charge in [0.05, 0.1) is 12.8 Å². The van der Waals surface area contributed by atoms with E-state index >= 15 is 0 Å². The van der Waals surface area contributed by atoms with Crippen LogP contribution in [0.1, 0.15) is 10.4 Å². The van der Waals surface area contributed by atoms with Crippen molar-refractivity contribution >= 4 is 28.2 Å². The molecule has 0 fully saturated rings. The fourth-order valence-electron chi connectivity index (χ4n) is 2.37. The number of amides is 1. The molecule has 1 N–H and O–H groups in total. The maximum atomic E-state index is 12.2. The lowest BCUT2D eigenvalue weighted by Gasteiger charge is -2.02. The van der Waals surface area contributed by atoms with Gasteiger partial charge in [-0.3, -0.25) is 15.1 Å². The summed E-state index contributed by atoms with van der Waals surface area (Å²) in [6.07, 6.45) is 3.13. The van der Waals surface area contributed by atoms with Crippen molar-refractivity contribution in [3.05, 3.63) is 59.7 Å². The summed E-state index contributed by atoms with van der Waals surface area (Å²) < 4.78 is 6.90. The molecule has 3 aromatic heterocycles. The number of nitrogens with zero attached hydrogens (tertiary/aromatic N) is 4. The summed E-state index contributed by atoms with van der Waals surface area (Å²) in [4.78, 5) is 21.2. The van der Waals surface area contributed by atoms with Crippen LogP contribution in [0, 0.1) is 0 Å². The van der Waals surface area contributed by atoms with Crippen LogP contribution in [0.3, 0.4) is 0 Å². The van der Waals surface area contributed by atoms with Crippen LogP contribution in [0.25, 0.3) is 16.2 Å². The number of anilines is 1. The fraction of sp³-hybridized carbons (Fsp3) is 0.0588. The Labute approximate surface area is 146 Å². The molecule has 1 amide bonds. The van der Waals surface area contributed by atoms with E-state index < -0.39 is 0 Å². The van der Waals surface area contributed by atoms with Gasteiger partial charge in [0, 0.05) is 28.9 Å². The number of thiazole rings is 1. The van der Waals surface area contributed by atoms with Crippen LogP contribution in [-0.2, 0) is 0 Å². The Morgan fingerprint density at radius 1 is 1.16 bits per heavy atom. The predicted octanol–water partition coefficient (Wildman–Crippen LogP) is 3.11. The number of ether oxygens (including phenoxy) is 1. The van der Waals surface area contributed by atoms with Crippen molar-refractivity contribution < 1.29 is 9.53 Å². The lowest BCUT2D eigenvalue weighted by atomic mass is 10.2. The molecule has 0 radical (unpaired) electrons. The van der Waals surface area contributed by atoms with Crippen molar-refractivity contribution in [1.29, 1.82) is 0 Å². The van der Waals surface area contributed by atoms with Crippen molar-refractivity contribution in [2.24, 2.45) is 0 Å². The van der Waals surface area contributed by atoms with Gasteiger partial charge in [0.2, 0.25) is 4.96 Å². The van der Waals surface area contributed by atoms with Gasteiger partial charge in [-0.15, -0.1) is 16.4 Å². The first-order valence-corrected chi connectivity index (χ1v) is 8.32. The lowest BCUT2D eigenvalue weighted by Crippen LogP contribution is -2.13. The number of benzene rings is 1. The first-order valence-electron chi connectivity index (χ1n) is 7.44. The third-order valence-electron chi connectivity index (χ3n) is 3.64. The third kappa shape index (κ3) is 2.94. The molecule has 0 unspecified atom stereocenters. The average Bonchev–Trinajstić information content (AvgIpc) is 3.22. The van der Waals surface area contributed by atoms with Crippen LogP contribution in [0.5, 0.6) is 5.75 Å². The smallest absolute Gasteiger partial charge is 0.258 e. The maximum absolute atomic E-state index is 12.2. The van der Waals surface area contributed by atoms with Gasteiger partial charge in [0.25, 0.3) is 11.9 Å². The Bertz CT molecular complexity index is 1020. The van der Waals surface area contributed by atoms with Crippen LogP contribution in [-0.4, -0.2) is 32.6 Å². The van der Waals surface area contributed by atoms with Gasteiger partial charge in [-0.05, 0) is 36.4 Å². The SMILES string of the molecule is COc1ccc(-c2csc3nc(NC(=O)c4ccncc4)nn23)cc1. The van der Waals surface area contributed by atoms with Crippen LogP contribution in [0.2, 0.25) is 0 Å². The van der Waals surface area contributed by atoms with Gasteiger partial charge in [0.1, 0.15) is 5.75 Å². The molecule has 4 aromatic rings. The topological polar surface area (TPSA) is 81.4 Å². The third-order valence-corrected chi connectivity index (χ3v) is 4.45. The van der Waals surface area contributed by atoms with Crippen molar-refractivity contribution in [3.63, 3.8) is 0 Å². The number of carbonyl (C=O) groups excluding carboxylic acids is 1. The number of nitrogens with one attached hydrogen (secondary N) is 1. The number of aromatic nitrogens is 4. The second kappa shape index (κ2) is 6.33. The predicted molar refractivity (Wildman–Crippen MR) is 95.0 cm³/mol. The highest BCUT2D eigenvalue weighted by atomic mass is 32.1. The van der Waals surface area contributed by atoms with E-state index in [1.807, 2.05) is 29.6 Å². The van der Waals surface area contributed by atoms with E-state index in [0.717, 1.165) is 17.0 Å². The molecule has 7 nitrogen and oxygen atoms in total. The molecule has 124 valence electrons. The van der Waals surface area contributed by atoms with E-state index in [-0.39, 0.29) is 11.9 Å². The number of fused-ring (bicyclic) bond motifs is 1. The lowest BCUT2D eigenvalue weighted by molar-refractivity contribution is 0.102. The molecule has 25 heavy (non-hydrogen) atoms. The van der Waals surface area contributed by atoms with Crippen LogP contribution >= 0.6 is 11.3 Å². The Hall–Kier alpha value is -3.26. The van der Waals surface area contributed by atoms with E-state index in [0.29, 0.717) is 10.5 Å². The Morgan fingerprint density at radius 2 is 1.92 bits per heavy atom. The van der Waals surface area contributed by atoms with Gasteiger partial charge in [-0.1, -0.05) is 0 Å². The standard InChI is InChI=1S/C17H13N5O2S/c1-24-13-4-2-11(3-5-13)14-10-25-17-20-16(21-22(14)17)19-15(23)12-6-8-18-9-7-12/h2-10H,1H3,(H,19,21,23). The fourth-order valence-corrected chi connectivity index (χ4v) is 3.20. The summed E-state index contributed by atoms with van der Waals surface area (Å²) in [5, 5.41) is 9.08. The summed E-state index contributed by atoms with van der Waals surface area (Å²) in [6.45, 7) is 0. The summed E-state index contributed by atoms with van der Waals surface area (Å²) in [5.41, 5.74) is 2.40. The Kier molecular flexibility index (Phi) is 3.87. The molecule has 0 atom stereocenters. The number of pyridine rings is 1. The van der Waals surface area contributed by atoms with Gasteiger partial charge < -0.3 is 4.74 Å². The molecule has 3 heterocycles. The van der Waals surface area contributed by atoms with Crippen LogP contribution < -0.4 is 10.1 Å². The first-order chi connectivity index (χ1) is 12.2. The van der Waals surface area contributed by atoms with Crippen molar-refractivity contribution in [3.8, 4) is 17.0 Å². The zero-order valence-electron chi connectivity index (χ0n) is 13.2. The largest absolute Gasteiger partial charge is 0.497 e. The van der Waals surface area contributed by atoms with Gasteiger partial charge in [-0.2, -0.15) is 4.98 Å². The molecule has 0 saturated heterocycles. The second-order valence-corrected chi connectivity index (χ2v) is 6.01. The van der Waals surface area contributed by atoms with Gasteiger partial charge >= 0.3 is 0 Å². The van der Waals surface area contributed by atoms with E-state index in [9.17, 15) is 4.79 Å². The summed E-state index contributed by atoms with van der Waals surface area (Å²) in [5.74, 6) is 0.786. The number of rotatable bonds is 4. The molecule has 4 rings (SSSR count). The second-order valence-electron chi connectivity index (χ2n) is 5.17. The highest BCUT2D eigenvalue weighted by molar-refractivity contribution is 7.15. The monoisotopic (exact) mass is 351 g/mol. The number of carbonyl (C=O) groups is 1. The van der Waals surface area contributed by atoms with E-state index in [4.69, 9.17) is 4.74 Å². The Balaban J connectivity index is 1.63. The summed E-state index contributed by atoms with van der Waals surface area (Å²) >= 11 is 1.46. The quantitative estimate of drug-likeness (QED) is 0.611. The minimum atomic E-state index is -0.272. The van der Waals surface area contributed by atoms with Gasteiger partial charge in [0.15, 0.2) is 0 Å². The van der Waals surface area contributed by atoms with Crippen LogP contribution in [0.4, 0.5) is 5.95 Å². The minimum Gasteiger partial charge on any atom is -0.497 e. The molecular weight excluding hydrogens is 338 g/mol. The molecule has 1 aromatic carbocycles. The molecule has 0 saturated carbocycles. The van der Waals surface area contributed by atoms with E-state index in [1.54, 1.807) is 36.2 Å². The molecule has 0 aliphatic carbocycles. The van der Waals surface area contributed by atoms with Gasteiger partial charge in [-0.25, -0.2) is 4.52 Å². The van der Waals surface area contributed by atoms with Crippen molar-refractivity contribution in [2.45, 2.75) is 0 Å². The molecule has 8 heteroatoms. The zero-order valence-corrected chi connectivity index (χ0v) is 14.0. The molecular formula is C17H13N5O2S. The molecule has 0 spiro atoms. The minimum absolute atomic E-state index is 0.267. The van der Waals surface area contributed by atoms with Crippen molar-refractivity contribution in [1.82, 2.24) is 19.6 Å². The van der Waals surface area contributed by atoms with E-state index in [2.05, 4.69) is 20.4 Å². The average molecular weight is 351 g/mol. The highest BCUT2D eigenvalue weighted by Gasteiger charge is 2.14. The Morgan fingerprint density at radius 3 is 2.64 bits per heavy atom. The molecule has 0 bridgehead atoms. The number of methoxy groups -OCH3 is 1. The number of hydrogen-bond acceptors (Lipinski definition) is 6. The summed E-state index contributed by atoms with van der Waals surface area (Å²) in [7, 11) is 1.63. The normalized spacial score (nSPS) is 10.8. The van der Waals surface area contributed by atoms with Crippen molar-refractivity contribution in [2.75, 3.05) is 12.4 Å². The zero-order chi connectivity index (χ0) is 17.2. The van der Waals surface area contributed by atoms with Crippen LogP contribution in [0.15, 0.2) is 54.2 Å². The first kappa shape index (κ1) is 15.3. The molecule has 0 aliphatic heterocycles. The highest BCUT2D eigenvalue weighted by Crippen LogP contribution is 2.27. The summed E-state index contributed by atoms with van der Waals surface area (Å²) in [6, 6.07) is 11.0.